The van der Waals surface area contributed by atoms with Gasteiger partial charge >= 0.3 is 0 Å². The molecule has 2 nitrogen and oxygen atoms in total. The molecule has 1 saturated heterocycles. The molecule has 2 rings (SSSR count). The van der Waals surface area contributed by atoms with Gasteiger partial charge in [-0.15, -0.1) is 0 Å². The van der Waals surface area contributed by atoms with Crippen molar-refractivity contribution in [2.75, 3.05) is 18.8 Å². The maximum Gasteiger partial charge on any atom is 0.0994 e. The van der Waals surface area contributed by atoms with Gasteiger partial charge in [0, 0.05) is 30.1 Å². The highest BCUT2D eigenvalue weighted by Gasteiger charge is 2.32. The topological polar surface area (TPSA) is 23.5 Å². The first-order chi connectivity index (χ1) is 8.50. The lowest BCUT2D eigenvalue weighted by molar-refractivity contribution is 0.00526. The zero-order chi connectivity index (χ0) is 13.2. The van der Waals surface area contributed by atoms with Gasteiger partial charge in [0.25, 0.3) is 0 Å². The van der Waals surface area contributed by atoms with Crippen molar-refractivity contribution in [2.24, 2.45) is 0 Å². The van der Waals surface area contributed by atoms with Crippen LogP contribution >= 0.6 is 11.8 Å². The van der Waals surface area contributed by atoms with Crippen molar-refractivity contribution in [3.05, 3.63) is 35.9 Å². The Hall–Kier alpha value is -0.510. The second-order valence-electron chi connectivity index (χ2n) is 5.43. The number of hydrogen-bond donors (Lipinski definition) is 1. The first-order valence-corrected chi connectivity index (χ1v) is 7.69. The molecule has 3 unspecified atom stereocenters. The molecule has 1 heterocycles. The monoisotopic (exact) mass is 265 g/mol. The Morgan fingerprint density at radius 2 is 2.00 bits per heavy atom. The van der Waals surface area contributed by atoms with Crippen molar-refractivity contribution in [3.8, 4) is 0 Å². The van der Waals surface area contributed by atoms with E-state index in [0.717, 1.165) is 17.9 Å². The highest BCUT2D eigenvalue weighted by Crippen LogP contribution is 2.28. The Morgan fingerprint density at radius 3 is 2.67 bits per heavy atom. The van der Waals surface area contributed by atoms with E-state index < -0.39 is 5.60 Å². The molecule has 1 aromatic carbocycles. The summed E-state index contributed by atoms with van der Waals surface area (Å²) in [5, 5.41) is 11.3. The Morgan fingerprint density at radius 1 is 1.33 bits per heavy atom. The fraction of sp³-hybridized carbons (Fsp3) is 0.600. The van der Waals surface area contributed by atoms with Gasteiger partial charge in [-0.3, -0.25) is 4.90 Å². The summed E-state index contributed by atoms with van der Waals surface area (Å²) in [6.07, 6.45) is 0. The summed E-state index contributed by atoms with van der Waals surface area (Å²) in [6, 6.07) is 10.5. The summed E-state index contributed by atoms with van der Waals surface area (Å²) in [5.74, 6) is 1.16. The highest BCUT2D eigenvalue weighted by molar-refractivity contribution is 8.00. The molecule has 1 fully saturated rings. The summed E-state index contributed by atoms with van der Waals surface area (Å²) in [6.45, 7) is 8.24. The predicted octanol–water partition coefficient (Wildman–Crippen LogP) is 2.72. The molecule has 1 aliphatic heterocycles. The predicted molar refractivity (Wildman–Crippen MR) is 79.0 cm³/mol. The second-order valence-corrected chi connectivity index (χ2v) is 6.91. The first kappa shape index (κ1) is 13.9. The van der Waals surface area contributed by atoms with Crippen molar-refractivity contribution >= 4 is 11.8 Å². The zero-order valence-electron chi connectivity index (χ0n) is 11.5. The molecule has 0 amide bonds. The van der Waals surface area contributed by atoms with Gasteiger partial charge in [-0.2, -0.15) is 11.8 Å². The van der Waals surface area contributed by atoms with Crippen LogP contribution in [0.1, 0.15) is 26.3 Å². The fourth-order valence-electron chi connectivity index (χ4n) is 2.50. The van der Waals surface area contributed by atoms with Crippen molar-refractivity contribution < 1.29 is 5.11 Å². The molecule has 0 aromatic heterocycles. The molecule has 1 N–H and O–H groups in total. The van der Waals surface area contributed by atoms with E-state index in [4.69, 9.17) is 0 Å². The third-order valence-corrected chi connectivity index (χ3v) is 5.26. The van der Waals surface area contributed by atoms with Crippen LogP contribution < -0.4 is 0 Å². The molecule has 1 aliphatic rings. The summed E-state index contributed by atoms with van der Waals surface area (Å²) in [4.78, 5) is 2.41. The minimum Gasteiger partial charge on any atom is -0.384 e. The van der Waals surface area contributed by atoms with Crippen LogP contribution in [0.15, 0.2) is 30.3 Å². The molecule has 0 radical (unpaired) electrons. The quantitative estimate of drug-likeness (QED) is 0.909. The Balaban J connectivity index is 2.08. The van der Waals surface area contributed by atoms with Crippen LogP contribution in [0.25, 0.3) is 0 Å². The van der Waals surface area contributed by atoms with E-state index in [-0.39, 0.29) is 0 Å². The lowest BCUT2D eigenvalue weighted by atomic mass is 9.94. The molecule has 100 valence electrons. The summed E-state index contributed by atoms with van der Waals surface area (Å²) < 4.78 is 0. The number of rotatable bonds is 3. The van der Waals surface area contributed by atoms with Crippen molar-refractivity contribution in [1.29, 1.82) is 0 Å². The third kappa shape index (κ3) is 3.08. The van der Waals surface area contributed by atoms with E-state index in [1.807, 2.05) is 49.0 Å². The van der Waals surface area contributed by atoms with Gasteiger partial charge in [0.05, 0.1) is 5.60 Å². The number of benzene rings is 1. The number of nitrogens with zero attached hydrogens (tertiary/aromatic N) is 1. The summed E-state index contributed by atoms with van der Waals surface area (Å²) >= 11 is 2.03. The maximum absolute atomic E-state index is 10.7. The van der Waals surface area contributed by atoms with Crippen LogP contribution in [0.5, 0.6) is 0 Å². The molecule has 1 aromatic rings. The SMILES string of the molecule is CC1SCCN(CC(C)(O)c2ccccc2)C1C. The lowest BCUT2D eigenvalue weighted by Gasteiger charge is -2.41. The number of hydrogen-bond acceptors (Lipinski definition) is 3. The van der Waals surface area contributed by atoms with Gasteiger partial charge in [0.1, 0.15) is 0 Å². The van der Waals surface area contributed by atoms with E-state index in [9.17, 15) is 5.11 Å². The van der Waals surface area contributed by atoms with E-state index in [1.54, 1.807) is 0 Å². The highest BCUT2D eigenvalue weighted by atomic mass is 32.2. The first-order valence-electron chi connectivity index (χ1n) is 6.64. The van der Waals surface area contributed by atoms with Gasteiger partial charge in [-0.1, -0.05) is 37.3 Å². The van der Waals surface area contributed by atoms with E-state index in [2.05, 4.69) is 18.7 Å². The van der Waals surface area contributed by atoms with E-state index in [1.165, 1.54) is 0 Å². The van der Waals surface area contributed by atoms with E-state index in [0.29, 0.717) is 17.8 Å². The zero-order valence-corrected chi connectivity index (χ0v) is 12.3. The third-order valence-electron chi connectivity index (χ3n) is 3.92. The molecule has 3 heteroatoms. The molecule has 0 bridgehead atoms. The van der Waals surface area contributed by atoms with Gasteiger partial charge in [0.2, 0.25) is 0 Å². The Labute approximate surface area is 114 Å². The summed E-state index contributed by atoms with van der Waals surface area (Å²) in [5.41, 5.74) is 0.236. The fourth-order valence-corrected chi connectivity index (χ4v) is 3.66. The van der Waals surface area contributed by atoms with E-state index >= 15 is 0 Å². The Kier molecular flexibility index (Phi) is 4.36. The van der Waals surface area contributed by atoms with Crippen molar-refractivity contribution in [2.45, 2.75) is 37.7 Å². The normalized spacial score (nSPS) is 28.9. The van der Waals surface area contributed by atoms with Crippen LogP contribution in [0, 0.1) is 0 Å². The summed E-state index contributed by atoms with van der Waals surface area (Å²) in [7, 11) is 0. The van der Waals surface area contributed by atoms with Crippen LogP contribution in [0.2, 0.25) is 0 Å². The number of β-amino-alcohol motifs (C(OH)–C–C–N with tert-alkyl or cyclic N) is 1. The molecule has 0 saturated carbocycles. The Bertz CT molecular complexity index is 379. The molecular weight excluding hydrogens is 242 g/mol. The van der Waals surface area contributed by atoms with Gasteiger partial charge in [-0.25, -0.2) is 0 Å². The van der Waals surface area contributed by atoms with Crippen LogP contribution in [-0.2, 0) is 5.60 Å². The van der Waals surface area contributed by atoms with Gasteiger partial charge in [-0.05, 0) is 19.4 Å². The molecule has 0 spiro atoms. The molecule has 18 heavy (non-hydrogen) atoms. The molecule has 0 aliphatic carbocycles. The largest absolute Gasteiger partial charge is 0.384 e. The van der Waals surface area contributed by atoms with Gasteiger partial charge < -0.3 is 5.11 Å². The van der Waals surface area contributed by atoms with Crippen LogP contribution in [0.4, 0.5) is 0 Å². The lowest BCUT2D eigenvalue weighted by Crippen LogP contribution is -2.50. The van der Waals surface area contributed by atoms with Gasteiger partial charge in [0.15, 0.2) is 0 Å². The minimum absolute atomic E-state index is 0.527. The van der Waals surface area contributed by atoms with Crippen molar-refractivity contribution in [1.82, 2.24) is 4.90 Å². The molecular formula is C15H23NOS. The number of thioether (sulfide) groups is 1. The standard InChI is InChI=1S/C15H23NOS/c1-12-13(2)18-10-9-16(12)11-15(3,17)14-7-5-4-6-8-14/h4-8,12-13,17H,9-11H2,1-3H3. The average Bonchev–Trinajstić information content (AvgIpc) is 2.36. The molecule has 3 atom stereocenters. The smallest absolute Gasteiger partial charge is 0.0994 e. The van der Waals surface area contributed by atoms with Crippen LogP contribution in [-0.4, -0.2) is 40.1 Å². The number of aliphatic hydroxyl groups is 1. The second kappa shape index (κ2) is 5.64. The van der Waals surface area contributed by atoms with Crippen molar-refractivity contribution in [3.63, 3.8) is 0 Å². The minimum atomic E-state index is -0.767. The van der Waals surface area contributed by atoms with Crippen LogP contribution in [0.3, 0.4) is 0 Å². The maximum atomic E-state index is 10.7. The average molecular weight is 265 g/mol.